The summed E-state index contributed by atoms with van der Waals surface area (Å²) in [4.78, 5) is 0. The van der Waals surface area contributed by atoms with Crippen molar-refractivity contribution in [2.24, 2.45) is 22.7 Å². The van der Waals surface area contributed by atoms with Crippen molar-refractivity contribution >= 4 is 0 Å². The van der Waals surface area contributed by atoms with Gasteiger partial charge in [-0.25, -0.2) is 8.78 Å². The lowest BCUT2D eigenvalue weighted by molar-refractivity contribution is 0.167. The van der Waals surface area contributed by atoms with Gasteiger partial charge in [0.2, 0.25) is 0 Å². The summed E-state index contributed by atoms with van der Waals surface area (Å²) < 4.78 is 27.0. The lowest BCUT2D eigenvalue weighted by Gasteiger charge is -2.34. The SMILES string of the molecule is CC.CC.CC.CC1C(F)=C(F)C2(C)CC2(C)C1C.CCC.CCCC. The fourth-order valence-corrected chi connectivity index (χ4v) is 2.92. The Bertz CT molecular complexity index is 333. The number of hydrogen-bond donors (Lipinski definition) is 0. The molecule has 0 spiro atoms. The summed E-state index contributed by atoms with van der Waals surface area (Å²) in [6.07, 6.45) is 4.69. The summed E-state index contributed by atoms with van der Waals surface area (Å²) in [6, 6.07) is 0. The molecule has 2 aliphatic rings. The van der Waals surface area contributed by atoms with Gasteiger partial charge in [0.05, 0.1) is 0 Å². The fraction of sp³-hybridized carbons (Fsp3) is 0.917. The first kappa shape index (κ1) is 33.2. The highest BCUT2D eigenvalue weighted by molar-refractivity contribution is 5.33. The van der Waals surface area contributed by atoms with E-state index >= 15 is 0 Å². The zero-order valence-corrected chi connectivity index (χ0v) is 20.7. The second-order valence-corrected chi connectivity index (χ2v) is 6.87. The summed E-state index contributed by atoms with van der Waals surface area (Å²) >= 11 is 0. The summed E-state index contributed by atoms with van der Waals surface area (Å²) in [5.74, 6) is -0.997. The molecule has 4 atom stereocenters. The number of rotatable bonds is 1. The normalized spacial score (nSPS) is 30.0. The van der Waals surface area contributed by atoms with Crippen molar-refractivity contribution < 1.29 is 8.78 Å². The zero-order chi connectivity index (χ0) is 22.1. The van der Waals surface area contributed by atoms with Crippen LogP contribution in [0.25, 0.3) is 0 Å². The average molecular weight is 379 g/mol. The van der Waals surface area contributed by atoms with Gasteiger partial charge in [0.25, 0.3) is 0 Å². The second kappa shape index (κ2) is 18.0. The number of allylic oxidation sites excluding steroid dienone is 2. The molecule has 1 fully saturated rings. The topological polar surface area (TPSA) is 0 Å². The third kappa shape index (κ3) is 8.53. The molecule has 0 aromatic carbocycles. The molecule has 2 heteroatoms. The zero-order valence-electron chi connectivity index (χ0n) is 20.7. The Hall–Kier alpha value is -0.400. The molecule has 1 saturated carbocycles. The van der Waals surface area contributed by atoms with Crippen molar-refractivity contribution in [1.82, 2.24) is 0 Å². The number of unbranched alkanes of at least 4 members (excludes halogenated alkanes) is 1. The van der Waals surface area contributed by atoms with E-state index < -0.39 is 17.1 Å². The quantitative estimate of drug-likeness (QED) is 0.425. The molecule has 0 heterocycles. The number of fused-ring (bicyclic) bond motifs is 1. The van der Waals surface area contributed by atoms with E-state index in [0.717, 1.165) is 6.42 Å². The van der Waals surface area contributed by atoms with Gasteiger partial charge >= 0.3 is 0 Å². The summed E-state index contributed by atoms with van der Waals surface area (Å²) in [5, 5.41) is 0. The van der Waals surface area contributed by atoms with Gasteiger partial charge in [-0.15, -0.1) is 0 Å². The molecular formula is C24H52F2. The van der Waals surface area contributed by atoms with Gasteiger partial charge in [-0.3, -0.25) is 0 Å². The highest BCUT2D eigenvalue weighted by atomic mass is 19.2. The Labute approximate surface area is 166 Å². The van der Waals surface area contributed by atoms with Crippen LogP contribution < -0.4 is 0 Å². The molecule has 0 bridgehead atoms. The van der Waals surface area contributed by atoms with Crippen molar-refractivity contribution in [2.75, 3.05) is 0 Å². The van der Waals surface area contributed by atoms with E-state index in [9.17, 15) is 8.78 Å². The van der Waals surface area contributed by atoms with E-state index in [1.807, 2.05) is 55.4 Å². The van der Waals surface area contributed by atoms with Crippen LogP contribution in [-0.4, -0.2) is 0 Å². The van der Waals surface area contributed by atoms with Crippen molar-refractivity contribution in [2.45, 2.75) is 123 Å². The van der Waals surface area contributed by atoms with Crippen LogP contribution in [0.5, 0.6) is 0 Å². The van der Waals surface area contributed by atoms with Crippen LogP contribution in [0.1, 0.15) is 123 Å². The predicted octanol–water partition coefficient (Wildman–Crippen LogP) is 10.1. The monoisotopic (exact) mass is 378 g/mol. The maximum absolute atomic E-state index is 13.6. The maximum Gasteiger partial charge on any atom is 0.138 e. The smallest absolute Gasteiger partial charge is 0.138 e. The number of halogens is 2. The molecule has 4 unspecified atom stereocenters. The van der Waals surface area contributed by atoms with E-state index in [1.54, 1.807) is 6.92 Å². The van der Waals surface area contributed by atoms with Gasteiger partial charge in [0, 0.05) is 11.3 Å². The minimum atomic E-state index is -0.509. The van der Waals surface area contributed by atoms with E-state index in [-0.39, 0.29) is 17.3 Å². The van der Waals surface area contributed by atoms with Crippen LogP contribution in [-0.2, 0) is 0 Å². The van der Waals surface area contributed by atoms with Crippen molar-refractivity contribution in [1.29, 1.82) is 0 Å². The van der Waals surface area contributed by atoms with Crippen LogP contribution in [0.3, 0.4) is 0 Å². The molecular weight excluding hydrogens is 326 g/mol. The van der Waals surface area contributed by atoms with E-state index in [1.165, 1.54) is 19.3 Å². The Balaban J connectivity index is -0.000000157. The average Bonchev–Trinajstić information content (AvgIpc) is 3.28. The van der Waals surface area contributed by atoms with E-state index in [4.69, 9.17) is 0 Å². The van der Waals surface area contributed by atoms with Crippen molar-refractivity contribution in [3.63, 3.8) is 0 Å². The molecule has 0 aromatic heterocycles. The molecule has 162 valence electrons. The standard InChI is InChI=1S/C11H16F2.C4H10.C3H8.3C2H6/c1-6-7(2)10(3)5-11(10,4)9(13)8(6)12;1-3-4-2;1-3-2;3*1-2/h6-7H,5H2,1-4H3;3-4H2,1-2H3;3H2,1-2H3;3*1-2H3. The molecule has 2 aliphatic carbocycles. The summed E-state index contributed by atoms with van der Waals surface area (Å²) in [7, 11) is 0. The highest BCUT2D eigenvalue weighted by Crippen LogP contribution is 2.75. The summed E-state index contributed by atoms with van der Waals surface area (Å²) in [6.45, 7) is 28.3. The van der Waals surface area contributed by atoms with Gasteiger partial charge in [-0.05, 0) is 17.8 Å². The van der Waals surface area contributed by atoms with E-state index in [2.05, 4.69) is 34.6 Å². The second-order valence-electron chi connectivity index (χ2n) is 6.87. The molecule has 2 rings (SSSR count). The van der Waals surface area contributed by atoms with Gasteiger partial charge in [0.1, 0.15) is 11.7 Å². The van der Waals surface area contributed by atoms with Gasteiger partial charge in [-0.1, -0.05) is 116 Å². The minimum Gasteiger partial charge on any atom is -0.209 e. The first-order valence-corrected chi connectivity index (χ1v) is 11.2. The largest absolute Gasteiger partial charge is 0.209 e. The van der Waals surface area contributed by atoms with Crippen LogP contribution in [0.2, 0.25) is 0 Å². The predicted molar refractivity (Wildman–Crippen MR) is 119 cm³/mol. The third-order valence-corrected chi connectivity index (χ3v) is 5.21. The molecule has 0 radical (unpaired) electrons. The van der Waals surface area contributed by atoms with Crippen LogP contribution in [0.4, 0.5) is 8.78 Å². The lowest BCUT2D eigenvalue weighted by atomic mass is 9.72. The molecule has 26 heavy (non-hydrogen) atoms. The van der Waals surface area contributed by atoms with Crippen LogP contribution in [0.15, 0.2) is 11.7 Å². The molecule has 0 nitrogen and oxygen atoms in total. The van der Waals surface area contributed by atoms with Crippen LogP contribution >= 0.6 is 0 Å². The van der Waals surface area contributed by atoms with Gasteiger partial charge in [0.15, 0.2) is 0 Å². The molecule has 0 saturated heterocycles. The minimum absolute atomic E-state index is 0.00785. The number of hydrogen-bond acceptors (Lipinski definition) is 0. The Morgan fingerprint density at radius 2 is 1.12 bits per heavy atom. The highest BCUT2D eigenvalue weighted by Gasteiger charge is 2.70. The Morgan fingerprint density at radius 3 is 1.38 bits per heavy atom. The van der Waals surface area contributed by atoms with Gasteiger partial charge in [-0.2, -0.15) is 0 Å². The third-order valence-electron chi connectivity index (χ3n) is 5.21. The molecule has 0 N–H and O–H groups in total. The maximum atomic E-state index is 13.6. The molecule has 0 amide bonds. The van der Waals surface area contributed by atoms with Crippen molar-refractivity contribution in [3.05, 3.63) is 11.7 Å². The van der Waals surface area contributed by atoms with Gasteiger partial charge < -0.3 is 0 Å². The Kier molecular flexibility index (Phi) is 23.0. The molecule has 0 aromatic rings. The van der Waals surface area contributed by atoms with E-state index in [0.29, 0.717) is 0 Å². The van der Waals surface area contributed by atoms with Crippen molar-refractivity contribution in [3.8, 4) is 0 Å². The first-order valence-electron chi connectivity index (χ1n) is 11.2. The lowest BCUT2D eigenvalue weighted by Crippen LogP contribution is -2.29. The first-order chi connectivity index (χ1) is 12.2. The molecule has 0 aliphatic heterocycles. The summed E-state index contributed by atoms with van der Waals surface area (Å²) in [5.41, 5.74) is -0.505. The Morgan fingerprint density at radius 1 is 0.808 bits per heavy atom. The fourth-order valence-electron chi connectivity index (χ4n) is 2.92. The van der Waals surface area contributed by atoms with Crippen LogP contribution in [0, 0.1) is 22.7 Å².